The number of anilines is 1. The fraction of sp³-hybridized carbons (Fsp3) is 0.400. The molecule has 3 aromatic rings. The van der Waals surface area contributed by atoms with Crippen molar-refractivity contribution < 1.29 is 37.3 Å². The van der Waals surface area contributed by atoms with Crippen LogP contribution >= 0.6 is 0 Å². The van der Waals surface area contributed by atoms with Gasteiger partial charge in [-0.1, -0.05) is 24.1 Å². The normalized spacial score (nSPS) is 13.1. The van der Waals surface area contributed by atoms with Gasteiger partial charge in [-0.05, 0) is 13.0 Å². The summed E-state index contributed by atoms with van der Waals surface area (Å²) in [4.78, 5) is 45.4. The van der Waals surface area contributed by atoms with E-state index in [2.05, 4.69) is 27.0 Å². The number of hydrogen-bond acceptors (Lipinski definition) is 9. The zero-order valence-electron chi connectivity index (χ0n) is 21.9. The van der Waals surface area contributed by atoms with E-state index in [9.17, 15) is 22.8 Å². The van der Waals surface area contributed by atoms with Crippen LogP contribution in [0, 0.1) is 11.8 Å². The molecule has 0 spiro atoms. The van der Waals surface area contributed by atoms with Gasteiger partial charge in [-0.2, -0.15) is 23.1 Å². The summed E-state index contributed by atoms with van der Waals surface area (Å²) >= 11 is 0. The van der Waals surface area contributed by atoms with Crippen LogP contribution in [0.25, 0.3) is 11.2 Å². The van der Waals surface area contributed by atoms with Crippen molar-refractivity contribution in [2.45, 2.75) is 26.1 Å². The number of fused-ring (bicyclic) bond motifs is 1. The maximum Gasteiger partial charge on any atom is 0.490 e. The number of methoxy groups -OCH3 is 1. The van der Waals surface area contributed by atoms with Crippen molar-refractivity contribution >= 4 is 29.1 Å². The number of nitrogens with zero attached hydrogens (tertiary/aromatic N) is 5. The Morgan fingerprint density at radius 1 is 1.18 bits per heavy atom. The molecule has 1 saturated heterocycles. The molecule has 0 unspecified atom stereocenters. The molecule has 2 N–H and O–H groups in total. The number of hydrogen-bond donors (Lipinski definition) is 2. The molecule has 40 heavy (non-hydrogen) atoms. The number of rotatable bonds is 6. The van der Waals surface area contributed by atoms with E-state index in [0.29, 0.717) is 35.0 Å². The van der Waals surface area contributed by atoms with Gasteiger partial charge in [0.2, 0.25) is 5.95 Å². The Bertz CT molecular complexity index is 1500. The minimum atomic E-state index is -5.08. The molecule has 0 atom stereocenters. The predicted octanol–water partition coefficient (Wildman–Crippen LogP) is 1.70. The van der Waals surface area contributed by atoms with Crippen LogP contribution in [0.5, 0.6) is 11.8 Å². The number of para-hydroxylation sites is 1. The molecule has 12 nitrogen and oxygen atoms in total. The number of nitrogens with one attached hydrogen (secondary N) is 1. The van der Waals surface area contributed by atoms with E-state index in [-0.39, 0.29) is 24.0 Å². The number of carboxylic acid groups (broad SMARTS) is 1. The van der Waals surface area contributed by atoms with Gasteiger partial charge in [0.25, 0.3) is 5.56 Å². The molecule has 3 heterocycles. The van der Waals surface area contributed by atoms with E-state index in [1.54, 1.807) is 38.2 Å². The molecule has 15 heteroatoms. The molecule has 0 amide bonds. The van der Waals surface area contributed by atoms with Crippen LogP contribution in [0.2, 0.25) is 0 Å². The van der Waals surface area contributed by atoms with E-state index in [1.165, 1.54) is 11.7 Å². The molecule has 1 aliphatic heterocycles. The predicted molar refractivity (Wildman–Crippen MR) is 137 cm³/mol. The Hall–Kier alpha value is -4.58. The topological polar surface area (TPSA) is 141 Å². The van der Waals surface area contributed by atoms with Gasteiger partial charge < -0.3 is 24.8 Å². The van der Waals surface area contributed by atoms with Gasteiger partial charge in [0.05, 0.1) is 20.1 Å². The van der Waals surface area contributed by atoms with Crippen molar-refractivity contribution in [1.82, 2.24) is 24.4 Å². The zero-order chi connectivity index (χ0) is 29.4. The second-order valence-corrected chi connectivity index (χ2v) is 8.36. The molecule has 1 aliphatic rings. The molecule has 1 fully saturated rings. The lowest BCUT2D eigenvalue weighted by molar-refractivity contribution is -0.192. The number of aromatic nitrogens is 4. The summed E-state index contributed by atoms with van der Waals surface area (Å²) in [6.07, 6.45) is -5.04. The van der Waals surface area contributed by atoms with Crippen LogP contribution in [0.4, 0.5) is 19.1 Å². The standard InChI is InChI=1S/C23H26N6O4.C2HF3O2/c1-4-5-12-29-19-20(25-22(29)28-13-10-24-11-14-28)26-23(27(2)21(19)31)33-17-9-7-6-8-16(17)15-18(30)32-3;3-2(4,5)1(6)7/h6-9,24H,10-15H2,1-3H3;(H,6,7). The smallest absolute Gasteiger partial charge is 0.475 e. The summed E-state index contributed by atoms with van der Waals surface area (Å²) in [7, 11) is 2.93. The number of alkyl halides is 3. The van der Waals surface area contributed by atoms with Gasteiger partial charge in [-0.3, -0.25) is 18.7 Å². The number of esters is 1. The number of carbonyl (C=O) groups excluding carboxylic acids is 1. The Morgan fingerprint density at radius 3 is 2.42 bits per heavy atom. The first-order chi connectivity index (χ1) is 19.0. The highest BCUT2D eigenvalue weighted by atomic mass is 19.4. The minimum absolute atomic E-state index is 0.0420. The first kappa shape index (κ1) is 30.0. The summed E-state index contributed by atoms with van der Waals surface area (Å²) in [5.74, 6) is 3.86. The van der Waals surface area contributed by atoms with Crippen LogP contribution in [0.1, 0.15) is 12.5 Å². The number of piperazine rings is 1. The van der Waals surface area contributed by atoms with Crippen LogP contribution in [-0.2, 0) is 34.3 Å². The third-order valence-corrected chi connectivity index (χ3v) is 5.72. The molecule has 0 aliphatic carbocycles. The highest BCUT2D eigenvalue weighted by Crippen LogP contribution is 2.26. The lowest BCUT2D eigenvalue weighted by atomic mass is 10.1. The van der Waals surface area contributed by atoms with E-state index < -0.39 is 12.1 Å². The van der Waals surface area contributed by atoms with E-state index in [1.807, 2.05) is 4.57 Å². The molecular weight excluding hydrogens is 537 g/mol. The van der Waals surface area contributed by atoms with Gasteiger partial charge in [-0.25, -0.2) is 4.79 Å². The second-order valence-electron chi connectivity index (χ2n) is 8.36. The van der Waals surface area contributed by atoms with Crippen molar-refractivity contribution in [3.8, 4) is 23.6 Å². The van der Waals surface area contributed by atoms with Crippen LogP contribution in [0.3, 0.4) is 0 Å². The summed E-state index contributed by atoms with van der Waals surface area (Å²) < 4.78 is 45.7. The lowest BCUT2D eigenvalue weighted by Crippen LogP contribution is -2.44. The summed E-state index contributed by atoms with van der Waals surface area (Å²) in [6.45, 7) is 5.31. The third-order valence-electron chi connectivity index (χ3n) is 5.72. The SMILES string of the molecule is CC#CCn1c(N2CCNCC2)nc2nc(Oc3ccccc3CC(=O)OC)n(C)c(=O)c21.O=C(O)C(F)(F)F. The van der Waals surface area contributed by atoms with Gasteiger partial charge in [-0.15, -0.1) is 5.92 Å². The number of ether oxygens (including phenoxy) is 2. The summed E-state index contributed by atoms with van der Waals surface area (Å²) in [5.41, 5.74) is 1.02. The largest absolute Gasteiger partial charge is 0.490 e. The first-order valence-corrected chi connectivity index (χ1v) is 11.9. The first-order valence-electron chi connectivity index (χ1n) is 11.9. The van der Waals surface area contributed by atoms with Gasteiger partial charge >= 0.3 is 24.1 Å². The van der Waals surface area contributed by atoms with E-state index >= 15 is 0 Å². The van der Waals surface area contributed by atoms with Crippen LogP contribution < -0.4 is 20.5 Å². The van der Waals surface area contributed by atoms with Crippen molar-refractivity contribution in [1.29, 1.82) is 0 Å². The highest BCUT2D eigenvalue weighted by Gasteiger charge is 2.38. The van der Waals surface area contributed by atoms with Crippen molar-refractivity contribution in [3.63, 3.8) is 0 Å². The van der Waals surface area contributed by atoms with Crippen molar-refractivity contribution in [2.75, 3.05) is 38.2 Å². The summed E-state index contributed by atoms with van der Waals surface area (Å²) in [6, 6.07) is 7.16. The third kappa shape index (κ3) is 7.08. The number of aliphatic carboxylic acids is 1. The quantitative estimate of drug-likeness (QED) is 0.336. The molecule has 2 aromatic heterocycles. The van der Waals surface area contributed by atoms with Crippen molar-refractivity contribution in [2.24, 2.45) is 7.05 Å². The monoisotopic (exact) mass is 564 g/mol. The average Bonchev–Trinajstić information content (AvgIpc) is 3.29. The molecule has 0 radical (unpaired) electrons. The van der Waals surface area contributed by atoms with Gasteiger partial charge in [0.15, 0.2) is 11.2 Å². The molecular formula is C25H27F3N6O6. The van der Waals surface area contributed by atoms with Gasteiger partial charge in [0.1, 0.15) is 5.75 Å². The molecule has 1 aromatic carbocycles. The van der Waals surface area contributed by atoms with Crippen LogP contribution in [0.15, 0.2) is 29.1 Å². The number of carbonyl (C=O) groups is 2. The van der Waals surface area contributed by atoms with E-state index in [0.717, 1.165) is 26.2 Å². The van der Waals surface area contributed by atoms with Crippen molar-refractivity contribution in [3.05, 3.63) is 40.2 Å². The second kappa shape index (κ2) is 13.0. The number of benzene rings is 1. The Labute approximate surface area is 226 Å². The van der Waals surface area contributed by atoms with E-state index in [4.69, 9.17) is 24.4 Å². The Balaban J connectivity index is 0.000000559. The maximum atomic E-state index is 13.4. The maximum absolute atomic E-state index is 13.4. The number of carboxylic acids is 1. The zero-order valence-corrected chi connectivity index (χ0v) is 21.9. The van der Waals surface area contributed by atoms with Crippen LogP contribution in [-0.4, -0.2) is 75.6 Å². The number of halogens is 3. The molecule has 0 saturated carbocycles. The minimum Gasteiger partial charge on any atom is -0.475 e. The molecule has 214 valence electrons. The Kier molecular flexibility index (Phi) is 9.73. The molecule has 0 bridgehead atoms. The summed E-state index contributed by atoms with van der Waals surface area (Å²) in [5, 5.41) is 10.4. The lowest BCUT2D eigenvalue weighted by Gasteiger charge is -2.28. The highest BCUT2D eigenvalue weighted by molar-refractivity contribution is 5.75. The number of imidazole rings is 1. The average molecular weight is 565 g/mol. The molecule has 4 rings (SSSR count). The fourth-order valence-corrected chi connectivity index (χ4v) is 3.71. The van der Waals surface area contributed by atoms with Gasteiger partial charge in [0, 0.05) is 38.8 Å². The fourth-order valence-electron chi connectivity index (χ4n) is 3.71. The Morgan fingerprint density at radius 2 is 1.82 bits per heavy atom.